The van der Waals surface area contributed by atoms with Crippen LogP contribution >= 0.6 is 0 Å². The first kappa shape index (κ1) is 18.6. The maximum Gasteiger partial charge on any atom is 0.201 e. The molecule has 4 heteroatoms. The third kappa shape index (κ3) is 3.64. The molecule has 0 radical (unpaired) electrons. The van der Waals surface area contributed by atoms with E-state index in [1.165, 1.54) is 43.7 Å². The Bertz CT molecular complexity index is 840. The van der Waals surface area contributed by atoms with Crippen LogP contribution in [-0.2, 0) is 12.8 Å². The van der Waals surface area contributed by atoms with E-state index in [4.69, 9.17) is 4.74 Å². The highest BCUT2D eigenvalue weighted by atomic mass is 19.2. The minimum Gasteiger partial charge on any atom is -0.494 e. The summed E-state index contributed by atoms with van der Waals surface area (Å²) in [6.07, 6.45) is 8.17. The summed E-state index contributed by atoms with van der Waals surface area (Å²) in [6.45, 7) is 2.17. The molecule has 3 rings (SSSR count). The zero-order valence-electron chi connectivity index (χ0n) is 15.2. The minimum absolute atomic E-state index is 0.0821. The molecule has 0 fully saturated rings. The van der Waals surface area contributed by atoms with E-state index in [0.29, 0.717) is 6.42 Å². The standard InChI is InChI=1S/C22H23F3O/c1-3-4-5-6-14-7-8-15-12-18(19(23)13-16(15)11-14)17-9-10-20(26-2)22(25)21(17)24/h7,9-10,12-13H,3-6,8,11H2,1-2H3. The molecule has 0 heterocycles. The van der Waals surface area contributed by atoms with Gasteiger partial charge in [-0.2, -0.15) is 4.39 Å². The van der Waals surface area contributed by atoms with Crippen LogP contribution in [0.2, 0.25) is 0 Å². The third-order valence-corrected chi connectivity index (χ3v) is 4.98. The summed E-state index contributed by atoms with van der Waals surface area (Å²) in [6, 6.07) is 5.79. The van der Waals surface area contributed by atoms with Gasteiger partial charge in [0.05, 0.1) is 7.11 Å². The molecule has 0 aromatic heterocycles. The summed E-state index contributed by atoms with van der Waals surface area (Å²) in [4.78, 5) is 0. The predicted octanol–water partition coefficient (Wildman–Crippen LogP) is 6.38. The van der Waals surface area contributed by atoms with Crippen LogP contribution in [0.1, 0.15) is 43.7 Å². The summed E-state index contributed by atoms with van der Waals surface area (Å²) >= 11 is 0. The van der Waals surface area contributed by atoms with Gasteiger partial charge < -0.3 is 4.74 Å². The Morgan fingerprint density at radius 2 is 1.77 bits per heavy atom. The van der Waals surface area contributed by atoms with Crippen LogP contribution < -0.4 is 4.74 Å². The van der Waals surface area contributed by atoms with Crippen molar-refractivity contribution in [2.45, 2.75) is 45.4 Å². The van der Waals surface area contributed by atoms with E-state index >= 15 is 0 Å². The molecule has 138 valence electrons. The Balaban J connectivity index is 1.90. The number of fused-ring (bicyclic) bond motifs is 1. The number of rotatable bonds is 6. The van der Waals surface area contributed by atoms with E-state index < -0.39 is 17.5 Å². The number of methoxy groups -OCH3 is 1. The molecule has 26 heavy (non-hydrogen) atoms. The monoisotopic (exact) mass is 360 g/mol. The van der Waals surface area contributed by atoms with E-state index in [9.17, 15) is 13.2 Å². The molecule has 0 saturated carbocycles. The lowest BCUT2D eigenvalue weighted by Gasteiger charge is -2.19. The van der Waals surface area contributed by atoms with Crippen molar-refractivity contribution in [2.75, 3.05) is 7.11 Å². The highest BCUT2D eigenvalue weighted by Gasteiger charge is 2.20. The van der Waals surface area contributed by atoms with Crippen molar-refractivity contribution >= 4 is 0 Å². The quantitative estimate of drug-likeness (QED) is 0.429. The number of hydrogen-bond acceptors (Lipinski definition) is 1. The van der Waals surface area contributed by atoms with Gasteiger partial charge in [0.25, 0.3) is 0 Å². The molecule has 1 nitrogen and oxygen atoms in total. The average Bonchev–Trinajstić information content (AvgIpc) is 2.64. The van der Waals surface area contributed by atoms with Crippen molar-refractivity contribution < 1.29 is 17.9 Å². The van der Waals surface area contributed by atoms with Gasteiger partial charge in [-0.05, 0) is 61.1 Å². The maximum atomic E-state index is 14.7. The lowest BCUT2D eigenvalue weighted by Crippen LogP contribution is -2.06. The second kappa shape index (κ2) is 7.98. The van der Waals surface area contributed by atoms with Crippen LogP contribution in [0.25, 0.3) is 11.1 Å². The zero-order chi connectivity index (χ0) is 18.7. The van der Waals surface area contributed by atoms with E-state index in [1.807, 2.05) is 0 Å². The van der Waals surface area contributed by atoms with Crippen LogP contribution in [0.3, 0.4) is 0 Å². The second-order valence-electron chi connectivity index (χ2n) is 6.74. The fraction of sp³-hybridized carbons (Fsp3) is 0.364. The molecule has 0 aliphatic heterocycles. The van der Waals surface area contributed by atoms with Crippen molar-refractivity contribution in [2.24, 2.45) is 0 Å². The molecule has 0 N–H and O–H groups in total. The molecule has 1 aliphatic carbocycles. The van der Waals surface area contributed by atoms with Gasteiger partial charge in [-0.3, -0.25) is 0 Å². The fourth-order valence-electron chi connectivity index (χ4n) is 3.48. The highest BCUT2D eigenvalue weighted by molar-refractivity contribution is 5.68. The van der Waals surface area contributed by atoms with Crippen LogP contribution in [0.5, 0.6) is 5.75 Å². The van der Waals surface area contributed by atoms with Gasteiger partial charge in [0.2, 0.25) is 5.82 Å². The number of hydrogen-bond donors (Lipinski definition) is 0. The molecular formula is C22H23F3O. The van der Waals surface area contributed by atoms with Crippen molar-refractivity contribution in [1.29, 1.82) is 0 Å². The van der Waals surface area contributed by atoms with Gasteiger partial charge in [0, 0.05) is 11.1 Å². The smallest absolute Gasteiger partial charge is 0.201 e. The van der Waals surface area contributed by atoms with Crippen molar-refractivity contribution in [3.05, 3.63) is 64.5 Å². The first-order valence-electron chi connectivity index (χ1n) is 9.06. The van der Waals surface area contributed by atoms with E-state index in [-0.39, 0.29) is 16.9 Å². The van der Waals surface area contributed by atoms with Crippen LogP contribution in [0.15, 0.2) is 35.9 Å². The number of halogens is 3. The van der Waals surface area contributed by atoms with Gasteiger partial charge in [0.15, 0.2) is 11.6 Å². The van der Waals surface area contributed by atoms with Crippen LogP contribution in [0.4, 0.5) is 13.2 Å². The molecule has 0 amide bonds. The number of benzene rings is 2. The summed E-state index contributed by atoms with van der Waals surface area (Å²) in [5.74, 6) is -2.90. The summed E-state index contributed by atoms with van der Waals surface area (Å²) in [7, 11) is 1.27. The Labute approximate surface area is 152 Å². The van der Waals surface area contributed by atoms with E-state index in [2.05, 4.69) is 13.0 Å². The Hall–Kier alpha value is -2.23. The van der Waals surface area contributed by atoms with Gasteiger partial charge in [0.1, 0.15) is 5.82 Å². The first-order valence-corrected chi connectivity index (χ1v) is 9.06. The zero-order valence-corrected chi connectivity index (χ0v) is 15.2. The topological polar surface area (TPSA) is 9.23 Å². The van der Waals surface area contributed by atoms with Gasteiger partial charge in [-0.25, -0.2) is 8.78 Å². The summed E-state index contributed by atoms with van der Waals surface area (Å²) in [5.41, 5.74) is 3.25. The van der Waals surface area contributed by atoms with Crippen molar-refractivity contribution in [1.82, 2.24) is 0 Å². The molecular weight excluding hydrogens is 337 g/mol. The molecule has 0 bridgehead atoms. The summed E-state index contributed by atoms with van der Waals surface area (Å²) < 4.78 is 47.8. The van der Waals surface area contributed by atoms with Gasteiger partial charge >= 0.3 is 0 Å². The number of unbranched alkanes of at least 4 members (excludes halogenated alkanes) is 2. The first-order chi connectivity index (χ1) is 12.5. The van der Waals surface area contributed by atoms with E-state index in [0.717, 1.165) is 30.4 Å². The predicted molar refractivity (Wildman–Crippen MR) is 97.9 cm³/mol. The molecule has 2 aromatic rings. The maximum absolute atomic E-state index is 14.7. The van der Waals surface area contributed by atoms with E-state index in [1.54, 1.807) is 6.07 Å². The van der Waals surface area contributed by atoms with Crippen LogP contribution in [0, 0.1) is 17.5 Å². The second-order valence-corrected chi connectivity index (χ2v) is 6.74. The summed E-state index contributed by atoms with van der Waals surface area (Å²) in [5, 5.41) is 0. The Kier molecular flexibility index (Phi) is 5.70. The SMILES string of the molecule is CCCCCC1=CCc2cc(-c3ccc(OC)c(F)c3F)c(F)cc2C1. The molecule has 0 spiro atoms. The minimum atomic E-state index is -1.10. The van der Waals surface area contributed by atoms with Gasteiger partial charge in [-0.1, -0.05) is 31.4 Å². The fourth-order valence-corrected chi connectivity index (χ4v) is 3.48. The van der Waals surface area contributed by atoms with Crippen molar-refractivity contribution in [3.63, 3.8) is 0 Å². The lowest BCUT2D eigenvalue weighted by molar-refractivity contribution is 0.372. The molecule has 0 saturated heterocycles. The normalized spacial score (nSPS) is 13.3. The Morgan fingerprint density at radius 3 is 2.50 bits per heavy atom. The van der Waals surface area contributed by atoms with Gasteiger partial charge in [-0.15, -0.1) is 0 Å². The lowest BCUT2D eigenvalue weighted by atomic mass is 9.87. The molecule has 1 aliphatic rings. The highest BCUT2D eigenvalue weighted by Crippen LogP contribution is 2.35. The largest absolute Gasteiger partial charge is 0.494 e. The number of ether oxygens (including phenoxy) is 1. The average molecular weight is 360 g/mol. The van der Waals surface area contributed by atoms with Crippen molar-refractivity contribution in [3.8, 4) is 16.9 Å². The number of allylic oxidation sites excluding steroid dienone is 2. The third-order valence-electron chi connectivity index (χ3n) is 4.98. The van der Waals surface area contributed by atoms with Crippen LogP contribution in [-0.4, -0.2) is 7.11 Å². The molecule has 2 aromatic carbocycles. The molecule has 0 atom stereocenters. The Morgan fingerprint density at radius 1 is 0.962 bits per heavy atom. The molecule has 0 unspecified atom stereocenters.